The van der Waals surface area contributed by atoms with Gasteiger partial charge in [-0.1, -0.05) is 60.7 Å². The number of sulfonamides is 1. The van der Waals surface area contributed by atoms with Gasteiger partial charge in [0.05, 0.1) is 16.9 Å². The second kappa shape index (κ2) is 9.63. The number of amides is 1. The van der Waals surface area contributed by atoms with Crippen LogP contribution >= 0.6 is 0 Å². The Morgan fingerprint density at radius 1 is 0.906 bits per heavy atom. The molecule has 1 heterocycles. The molecule has 0 aliphatic carbocycles. The largest absolute Gasteiger partial charge is 0.352 e. The van der Waals surface area contributed by atoms with Gasteiger partial charge in [-0.2, -0.15) is 4.31 Å². The number of benzene rings is 3. The molecule has 5 nitrogen and oxygen atoms in total. The van der Waals surface area contributed by atoms with Gasteiger partial charge >= 0.3 is 0 Å². The smallest absolute Gasteiger partial charge is 0.243 e. The van der Waals surface area contributed by atoms with Crippen molar-refractivity contribution in [3.63, 3.8) is 0 Å². The maximum Gasteiger partial charge on any atom is 0.243 e. The quantitative estimate of drug-likeness (QED) is 0.607. The molecule has 1 amide bonds. The van der Waals surface area contributed by atoms with E-state index in [1.54, 1.807) is 42.5 Å². The molecule has 3 aromatic carbocycles. The van der Waals surface area contributed by atoms with Crippen LogP contribution in [-0.4, -0.2) is 25.2 Å². The summed E-state index contributed by atoms with van der Waals surface area (Å²) < 4.78 is 41.6. The van der Waals surface area contributed by atoms with Gasteiger partial charge in [0.15, 0.2) is 0 Å². The number of carbonyl (C=O) groups is 1. The Morgan fingerprint density at radius 3 is 2.19 bits per heavy atom. The van der Waals surface area contributed by atoms with Crippen molar-refractivity contribution in [2.75, 3.05) is 6.54 Å². The molecule has 1 aliphatic rings. The van der Waals surface area contributed by atoms with Crippen molar-refractivity contribution in [2.45, 2.75) is 30.3 Å². The summed E-state index contributed by atoms with van der Waals surface area (Å²) in [5.74, 6) is -0.996. The lowest BCUT2D eigenvalue weighted by atomic mass is 9.90. The Kier molecular flexibility index (Phi) is 6.67. The van der Waals surface area contributed by atoms with Crippen molar-refractivity contribution < 1.29 is 17.6 Å². The van der Waals surface area contributed by atoms with Crippen LogP contribution in [0.4, 0.5) is 4.39 Å². The average molecular weight is 453 g/mol. The van der Waals surface area contributed by atoms with Gasteiger partial charge in [-0.05, 0) is 48.2 Å². The van der Waals surface area contributed by atoms with E-state index in [0.29, 0.717) is 12.8 Å². The molecule has 0 spiro atoms. The van der Waals surface area contributed by atoms with Crippen LogP contribution in [0.15, 0.2) is 89.8 Å². The highest BCUT2D eigenvalue weighted by molar-refractivity contribution is 7.89. The fraction of sp³-hybridized carbons (Fsp3) is 0.240. The molecule has 2 atom stereocenters. The molecule has 0 bridgehead atoms. The van der Waals surface area contributed by atoms with Crippen LogP contribution in [0.2, 0.25) is 0 Å². The standard InChI is InChI=1S/C25H25FN2O3S/c26-22-14-11-19(12-15-22)17-27-25(29)21-13-16-24(20-7-3-1-4-8-20)28(18-21)32(30,31)23-9-5-2-6-10-23/h1-12,14-15,21,24H,13,16-18H2,(H,27,29)/t21-,24-/m1/s1. The predicted octanol–water partition coefficient (Wildman–Crippen LogP) is 4.28. The van der Waals surface area contributed by atoms with Crippen LogP contribution in [0.1, 0.15) is 30.0 Å². The second-order valence-corrected chi connectivity index (χ2v) is 9.82. The van der Waals surface area contributed by atoms with Crippen molar-refractivity contribution in [3.05, 3.63) is 102 Å². The molecular weight excluding hydrogens is 427 g/mol. The fourth-order valence-corrected chi connectivity index (χ4v) is 5.80. The van der Waals surface area contributed by atoms with Crippen LogP contribution in [0, 0.1) is 11.7 Å². The topological polar surface area (TPSA) is 66.5 Å². The van der Waals surface area contributed by atoms with Gasteiger partial charge in [0, 0.05) is 13.1 Å². The third-order valence-corrected chi connectivity index (χ3v) is 7.71. The zero-order valence-corrected chi connectivity index (χ0v) is 18.3. The molecule has 1 fully saturated rings. The third-order valence-electron chi connectivity index (χ3n) is 5.82. The van der Waals surface area contributed by atoms with Crippen molar-refractivity contribution in [1.29, 1.82) is 0 Å². The first-order valence-electron chi connectivity index (χ1n) is 10.6. The number of nitrogens with one attached hydrogen (secondary N) is 1. The highest BCUT2D eigenvalue weighted by Gasteiger charge is 2.39. The summed E-state index contributed by atoms with van der Waals surface area (Å²) in [4.78, 5) is 13.1. The van der Waals surface area contributed by atoms with Crippen molar-refractivity contribution >= 4 is 15.9 Å². The number of rotatable bonds is 6. The maximum atomic E-state index is 13.5. The number of halogens is 1. The Balaban J connectivity index is 1.55. The summed E-state index contributed by atoms with van der Waals surface area (Å²) in [5, 5.41) is 2.87. The maximum absolute atomic E-state index is 13.5. The summed E-state index contributed by atoms with van der Waals surface area (Å²) >= 11 is 0. The summed E-state index contributed by atoms with van der Waals surface area (Å²) in [5.41, 5.74) is 1.70. The Morgan fingerprint density at radius 2 is 1.53 bits per heavy atom. The summed E-state index contributed by atoms with van der Waals surface area (Å²) in [6, 6.07) is 23.5. The van der Waals surface area contributed by atoms with E-state index in [-0.39, 0.29) is 35.8 Å². The highest BCUT2D eigenvalue weighted by atomic mass is 32.2. The number of nitrogens with zero attached hydrogens (tertiary/aromatic N) is 1. The number of carbonyl (C=O) groups excluding carboxylic acids is 1. The highest BCUT2D eigenvalue weighted by Crippen LogP contribution is 2.37. The number of piperidine rings is 1. The molecule has 0 aromatic heterocycles. The van der Waals surface area contributed by atoms with Gasteiger partial charge in [-0.3, -0.25) is 4.79 Å². The van der Waals surface area contributed by atoms with Crippen LogP contribution in [-0.2, 0) is 21.4 Å². The van der Waals surface area contributed by atoms with Gasteiger partial charge in [0.25, 0.3) is 0 Å². The minimum Gasteiger partial charge on any atom is -0.352 e. The van der Waals surface area contributed by atoms with Gasteiger partial charge in [-0.25, -0.2) is 12.8 Å². The molecule has 0 radical (unpaired) electrons. The van der Waals surface area contributed by atoms with Crippen molar-refractivity contribution in [1.82, 2.24) is 9.62 Å². The van der Waals surface area contributed by atoms with Crippen molar-refractivity contribution in [2.24, 2.45) is 5.92 Å². The lowest BCUT2D eigenvalue weighted by molar-refractivity contribution is -0.126. The van der Waals surface area contributed by atoms with E-state index in [2.05, 4.69) is 5.32 Å². The first-order valence-corrected chi connectivity index (χ1v) is 12.0. The van der Waals surface area contributed by atoms with E-state index >= 15 is 0 Å². The molecule has 3 aromatic rings. The number of hydrogen-bond acceptors (Lipinski definition) is 3. The SMILES string of the molecule is O=C(NCc1ccc(F)cc1)[C@@H]1CC[C@H](c2ccccc2)N(S(=O)(=O)c2ccccc2)C1. The Hall–Kier alpha value is -3.03. The lowest BCUT2D eigenvalue weighted by Crippen LogP contribution is -2.46. The lowest BCUT2D eigenvalue weighted by Gasteiger charge is -2.38. The van der Waals surface area contributed by atoms with Crippen LogP contribution in [0.5, 0.6) is 0 Å². The van der Waals surface area contributed by atoms with E-state index < -0.39 is 15.9 Å². The molecular formula is C25H25FN2O3S. The predicted molar refractivity (Wildman–Crippen MR) is 120 cm³/mol. The van der Waals surface area contributed by atoms with Gasteiger partial charge < -0.3 is 5.32 Å². The molecule has 1 saturated heterocycles. The average Bonchev–Trinajstić information content (AvgIpc) is 2.84. The first kappa shape index (κ1) is 22.2. The summed E-state index contributed by atoms with van der Waals surface area (Å²) in [6.07, 6.45) is 1.13. The van der Waals surface area contributed by atoms with E-state index in [1.165, 1.54) is 16.4 Å². The monoisotopic (exact) mass is 452 g/mol. The molecule has 0 saturated carbocycles. The zero-order chi connectivity index (χ0) is 22.6. The second-order valence-electron chi connectivity index (χ2n) is 7.93. The minimum atomic E-state index is -3.79. The van der Waals surface area contributed by atoms with Crippen molar-refractivity contribution in [3.8, 4) is 0 Å². The van der Waals surface area contributed by atoms with Gasteiger partial charge in [0.2, 0.25) is 15.9 Å². The molecule has 4 rings (SSSR count). The molecule has 32 heavy (non-hydrogen) atoms. The van der Waals surface area contributed by atoms with E-state index in [1.807, 2.05) is 30.3 Å². The van der Waals surface area contributed by atoms with Gasteiger partial charge in [-0.15, -0.1) is 0 Å². The summed E-state index contributed by atoms with van der Waals surface area (Å²) in [6.45, 7) is 0.370. The minimum absolute atomic E-state index is 0.103. The molecule has 1 N–H and O–H groups in total. The summed E-state index contributed by atoms with van der Waals surface area (Å²) in [7, 11) is -3.79. The Labute approximate surface area is 187 Å². The van der Waals surface area contributed by atoms with Crippen LogP contribution in [0.3, 0.4) is 0 Å². The molecule has 0 unspecified atom stereocenters. The first-order chi connectivity index (χ1) is 15.4. The van der Waals surface area contributed by atoms with Crippen LogP contribution < -0.4 is 5.32 Å². The molecule has 166 valence electrons. The molecule has 7 heteroatoms. The zero-order valence-electron chi connectivity index (χ0n) is 17.5. The van der Waals surface area contributed by atoms with E-state index in [9.17, 15) is 17.6 Å². The molecule has 1 aliphatic heterocycles. The fourth-order valence-electron chi connectivity index (χ4n) is 4.09. The Bertz CT molecular complexity index is 1150. The van der Waals surface area contributed by atoms with Crippen LogP contribution in [0.25, 0.3) is 0 Å². The van der Waals surface area contributed by atoms with Gasteiger partial charge in [0.1, 0.15) is 5.82 Å². The van der Waals surface area contributed by atoms with E-state index in [4.69, 9.17) is 0 Å². The third kappa shape index (κ3) is 4.89. The normalized spacial score (nSPS) is 19.4. The van der Waals surface area contributed by atoms with E-state index in [0.717, 1.165) is 11.1 Å². The number of hydrogen-bond donors (Lipinski definition) is 1.